The summed E-state index contributed by atoms with van der Waals surface area (Å²) >= 11 is 0. The summed E-state index contributed by atoms with van der Waals surface area (Å²) in [5.74, 6) is -0.180. The number of rotatable bonds is 8. The Balaban J connectivity index is 1.51. The number of pyridine rings is 2. The van der Waals surface area contributed by atoms with Crippen molar-refractivity contribution in [3.05, 3.63) is 90.0 Å². The highest BCUT2D eigenvalue weighted by molar-refractivity contribution is 5.92. The maximum absolute atomic E-state index is 13.4. The van der Waals surface area contributed by atoms with Crippen molar-refractivity contribution < 1.29 is 18.0 Å². The van der Waals surface area contributed by atoms with Gasteiger partial charge in [-0.05, 0) is 74.2 Å². The molecule has 1 N–H and O–H groups in total. The van der Waals surface area contributed by atoms with Crippen LogP contribution in [0.4, 0.5) is 24.5 Å². The summed E-state index contributed by atoms with van der Waals surface area (Å²) in [7, 11) is 0. The number of nitrogens with zero attached hydrogens (tertiary/aromatic N) is 4. The molecule has 0 bridgehead atoms. The lowest BCUT2D eigenvalue weighted by Gasteiger charge is -2.39. The normalized spacial score (nSPS) is 15.2. The van der Waals surface area contributed by atoms with Crippen LogP contribution in [0.3, 0.4) is 0 Å². The molecule has 1 aliphatic heterocycles. The van der Waals surface area contributed by atoms with E-state index in [9.17, 15) is 18.0 Å². The van der Waals surface area contributed by atoms with Crippen molar-refractivity contribution in [1.82, 2.24) is 19.8 Å². The molecule has 1 aliphatic rings. The molecule has 0 atom stereocenters. The summed E-state index contributed by atoms with van der Waals surface area (Å²) in [5.41, 5.74) is 2.38. The van der Waals surface area contributed by atoms with Crippen LogP contribution in [0.1, 0.15) is 43.4 Å². The fourth-order valence-corrected chi connectivity index (χ4v) is 4.59. The van der Waals surface area contributed by atoms with Gasteiger partial charge in [0.15, 0.2) is 0 Å². The van der Waals surface area contributed by atoms with Gasteiger partial charge in [-0.15, -0.1) is 0 Å². The van der Waals surface area contributed by atoms with Gasteiger partial charge in [-0.3, -0.25) is 14.8 Å². The third kappa shape index (κ3) is 7.41. The number of anilines is 2. The van der Waals surface area contributed by atoms with Crippen molar-refractivity contribution in [2.24, 2.45) is 0 Å². The smallest absolute Gasteiger partial charge is 0.354 e. The number of hydrogen-bond acceptors (Lipinski definition) is 5. The van der Waals surface area contributed by atoms with Crippen LogP contribution in [0.2, 0.25) is 0 Å². The van der Waals surface area contributed by atoms with Gasteiger partial charge < -0.3 is 15.1 Å². The highest BCUT2D eigenvalue weighted by atomic mass is 19.4. The SMILES string of the molecule is CC(C)N1CCC(N(Cc2cncc(Nc3ccncc3)c2)C(=O)/C=C/c2ccc(C(F)(F)F)cc2)CC1. The Morgan fingerprint density at radius 2 is 1.74 bits per heavy atom. The standard InChI is InChI=1S/C29H32F3N5O/c1-21(2)36-15-11-27(12-16-36)37(28(38)8-5-22-3-6-24(7-4-22)29(30,31)32)20-23-17-26(19-34-18-23)35-25-9-13-33-14-10-25/h3-10,13-14,17-19,21,27H,11-12,15-16,20H2,1-2H3,(H,33,35)/b8-5+. The second kappa shape index (κ2) is 12.2. The first kappa shape index (κ1) is 27.3. The molecule has 1 fully saturated rings. The Morgan fingerprint density at radius 1 is 1.05 bits per heavy atom. The van der Waals surface area contributed by atoms with Crippen molar-refractivity contribution in [2.45, 2.75) is 51.5 Å². The molecule has 3 heterocycles. The molecular weight excluding hydrogens is 491 g/mol. The topological polar surface area (TPSA) is 61.4 Å². The van der Waals surface area contributed by atoms with Gasteiger partial charge in [0.2, 0.25) is 5.91 Å². The Hall–Kier alpha value is -3.72. The van der Waals surface area contributed by atoms with Gasteiger partial charge in [-0.25, -0.2) is 0 Å². The predicted molar refractivity (Wildman–Crippen MR) is 143 cm³/mol. The van der Waals surface area contributed by atoms with Crippen molar-refractivity contribution in [2.75, 3.05) is 18.4 Å². The average Bonchev–Trinajstić information content (AvgIpc) is 2.91. The van der Waals surface area contributed by atoms with E-state index >= 15 is 0 Å². The van der Waals surface area contributed by atoms with E-state index in [2.05, 4.69) is 34.0 Å². The lowest BCUT2D eigenvalue weighted by Crippen LogP contribution is -2.48. The molecule has 2 aromatic heterocycles. The number of piperidine rings is 1. The maximum atomic E-state index is 13.4. The van der Waals surface area contributed by atoms with Crippen molar-refractivity contribution in [1.29, 1.82) is 0 Å². The molecule has 0 radical (unpaired) electrons. The number of carbonyl (C=O) groups is 1. The largest absolute Gasteiger partial charge is 0.416 e. The number of aromatic nitrogens is 2. The Labute approximate surface area is 221 Å². The minimum Gasteiger partial charge on any atom is -0.354 e. The minimum atomic E-state index is -4.39. The van der Waals surface area contributed by atoms with Gasteiger partial charge in [0, 0.05) is 62.1 Å². The number of carbonyl (C=O) groups excluding carboxylic acids is 1. The monoisotopic (exact) mass is 523 g/mol. The molecule has 1 amide bonds. The van der Waals surface area contributed by atoms with Crippen LogP contribution in [0.5, 0.6) is 0 Å². The molecule has 0 spiro atoms. The van der Waals surface area contributed by atoms with Crippen molar-refractivity contribution in [3.63, 3.8) is 0 Å². The zero-order valence-electron chi connectivity index (χ0n) is 21.5. The number of benzene rings is 1. The van der Waals surface area contributed by atoms with Crippen molar-refractivity contribution >= 4 is 23.4 Å². The van der Waals surface area contributed by atoms with Crippen LogP contribution < -0.4 is 5.32 Å². The van der Waals surface area contributed by atoms with E-state index in [1.54, 1.807) is 30.9 Å². The first-order valence-electron chi connectivity index (χ1n) is 12.7. The van der Waals surface area contributed by atoms with Gasteiger partial charge in [-0.2, -0.15) is 13.2 Å². The Morgan fingerprint density at radius 3 is 2.37 bits per heavy atom. The Kier molecular flexibility index (Phi) is 8.78. The van der Waals surface area contributed by atoms with E-state index < -0.39 is 11.7 Å². The summed E-state index contributed by atoms with van der Waals surface area (Å²) in [4.78, 5) is 26.1. The molecule has 3 aromatic rings. The van der Waals surface area contributed by atoms with E-state index in [0.717, 1.165) is 55.0 Å². The summed E-state index contributed by atoms with van der Waals surface area (Å²) in [6.45, 7) is 6.51. The molecule has 6 nitrogen and oxygen atoms in total. The molecule has 38 heavy (non-hydrogen) atoms. The number of likely N-dealkylation sites (tertiary alicyclic amines) is 1. The lowest BCUT2D eigenvalue weighted by atomic mass is 10.0. The fraction of sp³-hybridized carbons (Fsp3) is 0.345. The maximum Gasteiger partial charge on any atom is 0.416 e. The predicted octanol–water partition coefficient (Wildman–Crippen LogP) is 6.15. The van der Waals surface area contributed by atoms with E-state index in [1.807, 2.05) is 23.1 Å². The summed E-state index contributed by atoms with van der Waals surface area (Å²) in [6, 6.07) is 11.0. The summed E-state index contributed by atoms with van der Waals surface area (Å²) in [6.07, 6.45) is 7.19. The molecular formula is C29H32F3N5O. The zero-order chi connectivity index (χ0) is 27.1. The number of amides is 1. The highest BCUT2D eigenvalue weighted by Crippen LogP contribution is 2.29. The van der Waals surface area contributed by atoms with Crippen LogP contribution in [-0.2, 0) is 17.5 Å². The van der Waals surface area contributed by atoms with E-state index in [1.165, 1.54) is 18.2 Å². The summed E-state index contributed by atoms with van der Waals surface area (Å²) in [5, 5.41) is 3.30. The molecule has 4 rings (SSSR count). The second-order valence-corrected chi connectivity index (χ2v) is 9.72. The number of alkyl halides is 3. The molecule has 0 unspecified atom stereocenters. The van der Waals surface area contributed by atoms with Crippen molar-refractivity contribution in [3.8, 4) is 0 Å². The van der Waals surface area contributed by atoms with Crippen LogP contribution in [0.15, 0.2) is 73.3 Å². The van der Waals surface area contributed by atoms with Crippen LogP contribution in [-0.4, -0.2) is 50.8 Å². The number of halogens is 3. The highest BCUT2D eigenvalue weighted by Gasteiger charge is 2.30. The van der Waals surface area contributed by atoms with E-state index in [4.69, 9.17) is 0 Å². The number of hydrogen-bond donors (Lipinski definition) is 1. The molecule has 0 saturated carbocycles. The average molecular weight is 524 g/mol. The minimum absolute atomic E-state index is 0.0477. The summed E-state index contributed by atoms with van der Waals surface area (Å²) < 4.78 is 38.7. The van der Waals surface area contributed by atoms with Gasteiger partial charge in [-0.1, -0.05) is 12.1 Å². The van der Waals surface area contributed by atoms with Gasteiger partial charge in [0.05, 0.1) is 17.4 Å². The van der Waals surface area contributed by atoms with Gasteiger partial charge in [0.1, 0.15) is 0 Å². The molecule has 1 saturated heterocycles. The first-order valence-corrected chi connectivity index (χ1v) is 12.7. The third-order valence-corrected chi connectivity index (χ3v) is 6.73. The van der Waals surface area contributed by atoms with E-state index in [-0.39, 0.29) is 11.9 Å². The number of nitrogens with one attached hydrogen (secondary N) is 1. The molecule has 1 aromatic carbocycles. The van der Waals surface area contributed by atoms with Crippen LogP contribution in [0, 0.1) is 0 Å². The van der Waals surface area contributed by atoms with Crippen LogP contribution >= 0.6 is 0 Å². The van der Waals surface area contributed by atoms with E-state index in [0.29, 0.717) is 18.2 Å². The molecule has 200 valence electrons. The molecule has 0 aliphatic carbocycles. The zero-order valence-corrected chi connectivity index (χ0v) is 21.5. The second-order valence-electron chi connectivity index (χ2n) is 9.72. The quantitative estimate of drug-likeness (QED) is 0.359. The van der Waals surface area contributed by atoms with Gasteiger partial charge >= 0.3 is 6.18 Å². The lowest BCUT2D eigenvalue weighted by molar-refractivity contribution is -0.137. The van der Waals surface area contributed by atoms with Gasteiger partial charge in [0.25, 0.3) is 0 Å². The van der Waals surface area contributed by atoms with Crippen LogP contribution in [0.25, 0.3) is 6.08 Å². The fourth-order valence-electron chi connectivity index (χ4n) is 4.59. The molecule has 9 heteroatoms. The third-order valence-electron chi connectivity index (χ3n) is 6.73. The first-order chi connectivity index (χ1) is 18.2. The Bertz CT molecular complexity index is 1220.